The fourth-order valence-electron chi connectivity index (χ4n) is 2.28. The van der Waals surface area contributed by atoms with E-state index in [1.54, 1.807) is 6.07 Å². The largest absolute Gasteiger partial charge is 0.416 e. The molecule has 0 N–H and O–H groups in total. The first-order valence-corrected chi connectivity index (χ1v) is 7.08. The molecular formula is C17H10ClF3N2. The zero-order valence-corrected chi connectivity index (χ0v) is 12.4. The topological polar surface area (TPSA) is 25.8 Å². The van der Waals surface area contributed by atoms with Crippen LogP contribution in [0.15, 0.2) is 60.8 Å². The number of hydrogen-bond donors (Lipinski definition) is 0. The molecule has 0 spiro atoms. The second-order valence-electron chi connectivity index (χ2n) is 4.83. The first-order valence-electron chi connectivity index (χ1n) is 6.71. The summed E-state index contributed by atoms with van der Waals surface area (Å²) < 4.78 is 38.0. The molecule has 0 aliphatic rings. The van der Waals surface area contributed by atoms with Crippen molar-refractivity contribution in [3.8, 4) is 22.4 Å². The van der Waals surface area contributed by atoms with Crippen LogP contribution in [0.5, 0.6) is 0 Å². The molecule has 1 aromatic heterocycles. The molecule has 0 bridgehead atoms. The highest BCUT2D eigenvalue weighted by atomic mass is 35.5. The highest BCUT2D eigenvalue weighted by Gasteiger charge is 2.30. The van der Waals surface area contributed by atoms with Crippen LogP contribution >= 0.6 is 11.6 Å². The number of benzene rings is 2. The molecule has 3 rings (SSSR count). The molecule has 1 heterocycles. The summed E-state index contributed by atoms with van der Waals surface area (Å²) in [6.45, 7) is 0. The molecule has 23 heavy (non-hydrogen) atoms. The van der Waals surface area contributed by atoms with Crippen LogP contribution < -0.4 is 0 Å². The Balaban J connectivity index is 2.08. The third kappa shape index (κ3) is 3.35. The zero-order chi connectivity index (χ0) is 16.4. The van der Waals surface area contributed by atoms with Crippen LogP contribution in [0, 0.1) is 0 Å². The van der Waals surface area contributed by atoms with Crippen molar-refractivity contribution in [2.24, 2.45) is 0 Å². The predicted molar refractivity (Wildman–Crippen MR) is 82.9 cm³/mol. The van der Waals surface area contributed by atoms with Crippen molar-refractivity contribution in [3.63, 3.8) is 0 Å². The number of nitrogens with zero attached hydrogens (tertiary/aromatic N) is 2. The standard InChI is InChI=1S/C17H10ClF3N2/c18-16-22-10-9-15(23-16)14-4-2-1-3-13(14)11-5-7-12(8-6-11)17(19,20)21/h1-10H. The van der Waals surface area contributed by atoms with Gasteiger partial charge < -0.3 is 0 Å². The van der Waals surface area contributed by atoms with Crippen LogP contribution in [0.4, 0.5) is 13.2 Å². The SMILES string of the molecule is FC(F)(F)c1ccc(-c2ccccc2-c2ccnc(Cl)n2)cc1. The van der Waals surface area contributed by atoms with Crippen molar-refractivity contribution in [1.29, 1.82) is 0 Å². The summed E-state index contributed by atoms with van der Waals surface area (Å²) >= 11 is 5.82. The molecular weight excluding hydrogens is 325 g/mol. The highest BCUT2D eigenvalue weighted by molar-refractivity contribution is 6.28. The van der Waals surface area contributed by atoms with Crippen LogP contribution in [0.2, 0.25) is 5.28 Å². The van der Waals surface area contributed by atoms with Gasteiger partial charge in [-0.2, -0.15) is 13.2 Å². The first kappa shape index (κ1) is 15.5. The van der Waals surface area contributed by atoms with Gasteiger partial charge in [-0.15, -0.1) is 0 Å². The Labute approximate surface area is 135 Å². The van der Waals surface area contributed by atoms with Gasteiger partial charge in [-0.05, 0) is 40.9 Å². The van der Waals surface area contributed by atoms with E-state index < -0.39 is 11.7 Å². The fourth-order valence-corrected chi connectivity index (χ4v) is 2.43. The van der Waals surface area contributed by atoms with Crippen LogP contribution in [-0.2, 0) is 6.18 Å². The number of rotatable bonds is 2. The van der Waals surface area contributed by atoms with Crippen LogP contribution in [-0.4, -0.2) is 9.97 Å². The van der Waals surface area contributed by atoms with Gasteiger partial charge >= 0.3 is 6.18 Å². The average Bonchev–Trinajstić information content (AvgIpc) is 2.54. The second kappa shape index (κ2) is 6.01. The minimum atomic E-state index is -4.35. The van der Waals surface area contributed by atoms with Gasteiger partial charge in [-0.25, -0.2) is 9.97 Å². The minimum absolute atomic E-state index is 0.115. The monoisotopic (exact) mass is 334 g/mol. The molecule has 0 radical (unpaired) electrons. The third-order valence-electron chi connectivity index (χ3n) is 3.35. The van der Waals surface area contributed by atoms with Crippen LogP contribution in [0.1, 0.15) is 5.56 Å². The van der Waals surface area contributed by atoms with Gasteiger partial charge in [0.2, 0.25) is 5.28 Å². The Morgan fingerprint density at radius 2 is 1.48 bits per heavy atom. The van der Waals surface area contributed by atoms with Gasteiger partial charge in [-0.3, -0.25) is 0 Å². The summed E-state index contributed by atoms with van der Waals surface area (Å²) in [7, 11) is 0. The molecule has 116 valence electrons. The Hall–Kier alpha value is -2.40. The Bertz CT molecular complexity index is 830. The third-order valence-corrected chi connectivity index (χ3v) is 3.53. The number of aromatic nitrogens is 2. The molecule has 0 aliphatic carbocycles. The number of halogens is 4. The summed E-state index contributed by atoms with van der Waals surface area (Å²) in [6, 6.07) is 14.1. The maximum absolute atomic E-state index is 12.7. The van der Waals surface area contributed by atoms with Crippen molar-refractivity contribution in [2.75, 3.05) is 0 Å². The summed E-state index contributed by atoms with van der Waals surface area (Å²) in [5, 5.41) is 0.115. The van der Waals surface area contributed by atoms with E-state index in [4.69, 9.17) is 11.6 Å². The molecule has 3 aromatic rings. The van der Waals surface area contributed by atoms with E-state index >= 15 is 0 Å². The number of hydrogen-bond acceptors (Lipinski definition) is 2. The Kier molecular flexibility index (Phi) is 4.05. The van der Waals surface area contributed by atoms with Gasteiger partial charge in [0.1, 0.15) is 0 Å². The molecule has 0 amide bonds. The number of alkyl halides is 3. The van der Waals surface area contributed by atoms with Gasteiger partial charge in [0.15, 0.2) is 0 Å². The van der Waals surface area contributed by atoms with Gasteiger partial charge in [0.05, 0.1) is 11.3 Å². The smallest absolute Gasteiger partial charge is 0.226 e. The van der Waals surface area contributed by atoms with E-state index in [1.807, 2.05) is 24.3 Å². The molecule has 0 saturated carbocycles. The molecule has 0 saturated heterocycles. The summed E-state index contributed by atoms with van der Waals surface area (Å²) in [5.41, 5.74) is 2.15. The van der Waals surface area contributed by atoms with Crippen molar-refractivity contribution >= 4 is 11.6 Å². The lowest BCUT2D eigenvalue weighted by atomic mass is 9.97. The maximum Gasteiger partial charge on any atom is 0.416 e. The molecule has 2 nitrogen and oxygen atoms in total. The van der Waals surface area contributed by atoms with Crippen LogP contribution in [0.3, 0.4) is 0 Å². The van der Waals surface area contributed by atoms with E-state index in [-0.39, 0.29) is 5.28 Å². The summed E-state index contributed by atoms with van der Waals surface area (Å²) in [5.74, 6) is 0. The van der Waals surface area contributed by atoms with Crippen molar-refractivity contribution < 1.29 is 13.2 Å². The van der Waals surface area contributed by atoms with Crippen molar-refractivity contribution in [1.82, 2.24) is 9.97 Å². The lowest BCUT2D eigenvalue weighted by molar-refractivity contribution is -0.137. The van der Waals surface area contributed by atoms with E-state index in [0.717, 1.165) is 23.3 Å². The van der Waals surface area contributed by atoms with Crippen molar-refractivity contribution in [2.45, 2.75) is 6.18 Å². The lowest BCUT2D eigenvalue weighted by Gasteiger charge is -2.11. The predicted octanol–water partition coefficient (Wildman–Crippen LogP) is 5.48. The highest BCUT2D eigenvalue weighted by Crippen LogP contribution is 2.34. The molecule has 0 fully saturated rings. The van der Waals surface area contributed by atoms with Gasteiger partial charge in [-0.1, -0.05) is 36.4 Å². The molecule has 6 heteroatoms. The summed E-state index contributed by atoms with van der Waals surface area (Å²) in [6.07, 6.45) is -2.81. The van der Waals surface area contributed by atoms with Gasteiger partial charge in [0, 0.05) is 11.8 Å². The fraction of sp³-hybridized carbons (Fsp3) is 0.0588. The Morgan fingerprint density at radius 3 is 2.09 bits per heavy atom. The van der Waals surface area contributed by atoms with Crippen molar-refractivity contribution in [3.05, 3.63) is 71.6 Å². The lowest BCUT2D eigenvalue weighted by Crippen LogP contribution is -2.04. The quantitative estimate of drug-likeness (QED) is 0.580. The average molecular weight is 335 g/mol. The van der Waals surface area contributed by atoms with E-state index in [9.17, 15) is 13.2 Å². The molecule has 0 atom stereocenters. The zero-order valence-electron chi connectivity index (χ0n) is 11.7. The van der Waals surface area contributed by atoms with Gasteiger partial charge in [0.25, 0.3) is 0 Å². The molecule has 0 aliphatic heterocycles. The molecule has 0 unspecified atom stereocenters. The van der Waals surface area contributed by atoms with E-state index in [2.05, 4.69) is 9.97 Å². The molecule has 2 aromatic carbocycles. The summed E-state index contributed by atoms with van der Waals surface area (Å²) in [4.78, 5) is 8.00. The normalized spacial score (nSPS) is 11.5. The Morgan fingerprint density at radius 1 is 0.826 bits per heavy atom. The van der Waals surface area contributed by atoms with Crippen LogP contribution in [0.25, 0.3) is 22.4 Å². The van der Waals surface area contributed by atoms with E-state index in [1.165, 1.54) is 18.3 Å². The van der Waals surface area contributed by atoms with E-state index in [0.29, 0.717) is 11.3 Å². The minimum Gasteiger partial charge on any atom is -0.226 e. The first-order chi connectivity index (χ1) is 10.9. The second-order valence-corrected chi connectivity index (χ2v) is 5.17. The maximum atomic E-state index is 12.7.